The number of hydrogen-bond donors (Lipinski definition) is 1. The smallest absolute Gasteiger partial charge is 0.0776 e. The molecule has 0 saturated carbocycles. The second-order valence-electron chi connectivity index (χ2n) is 3.86. The van der Waals surface area contributed by atoms with Crippen LogP contribution in [0.2, 0.25) is 0 Å². The summed E-state index contributed by atoms with van der Waals surface area (Å²) in [5.74, 6) is 0.616. The molecule has 0 amide bonds. The SMILES string of the molecule is CCCOCC(O)CC(C)CCC. The average molecular weight is 188 g/mol. The number of aliphatic hydroxyl groups is 1. The van der Waals surface area contributed by atoms with Gasteiger partial charge in [0.2, 0.25) is 0 Å². The maximum atomic E-state index is 9.55. The molecule has 0 radical (unpaired) electrons. The Balaban J connectivity index is 3.32. The Morgan fingerprint density at radius 2 is 1.92 bits per heavy atom. The van der Waals surface area contributed by atoms with Crippen LogP contribution in [0.5, 0.6) is 0 Å². The van der Waals surface area contributed by atoms with Crippen LogP contribution in [-0.4, -0.2) is 24.4 Å². The number of hydrogen-bond acceptors (Lipinski definition) is 2. The lowest BCUT2D eigenvalue weighted by Gasteiger charge is -2.15. The molecule has 2 atom stereocenters. The summed E-state index contributed by atoms with van der Waals surface area (Å²) in [4.78, 5) is 0. The van der Waals surface area contributed by atoms with E-state index < -0.39 is 0 Å². The van der Waals surface area contributed by atoms with E-state index in [1.165, 1.54) is 12.8 Å². The van der Waals surface area contributed by atoms with Gasteiger partial charge in [-0.05, 0) is 18.8 Å². The molecule has 0 aliphatic rings. The zero-order valence-electron chi connectivity index (χ0n) is 9.25. The molecule has 0 aliphatic carbocycles. The lowest BCUT2D eigenvalue weighted by molar-refractivity contribution is 0.0249. The first-order chi connectivity index (χ1) is 6.20. The van der Waals surface area contributed by atoms with Crippen LogP contribution in [-0.2, 0) is 4.74 Å². The minimum Gasteiger partial charge on any atom is -0.391 e. The van der Waals surface area contributed by atoms with Gasteiger partial charge in [-0.3, -0.25) is 0 Å². The number of ether oxygens (including phenoxy) is 1. The van der Waals surface area contributed by atoms with Gasteiger partial charge < -0.3 is 9.84 Å². The second-order valence-corrected chi connectivity index (χ2v) is 3.86. The summed E-state index contributed by atoms with van der Waals surface area (Å²) in [5.41, 5.74) is 0. The minimum atomic E-state index is -0.270. The van der Waals surface area contributed by atoms with E-state index in [1.54, 1.807) is 0 Å². The van der Waals surface area contributed by atoms with Crippen molar-refractivity contribution in [2.45, 2.75) is 52.6 Å². The standard InChI is InChI=1S/C11H24O2/c1-4-6-10(3)8-11(12)9-13-7-5-2/h10-12H,4-9H2,1-3H3. The quantitative estimate of drug-likeness (QED) is 0.593. The molecule has 13 heavy (non-hydrogen) atoms. The summed E-state index contributed by atoms with van der Waals surface area (Å²) in [6, 6.07) is 0. The third kappa shape index (κ3) is 8.26. The van der Waals surface area contributed by atoms with E-state index in [0.29, 0.717) is 12.5 Å². The van der Waals surface area contributed by atoms with E-state index in [1.807, 2.05) is 0 Å². The van der Waals surface area contributed by atoms with Gasteiger partial charge in [-0.25, -0.2) is 0 Å². The van der Waals surface area contributed by atoms with Gasteiger partial charge in [0.05, 0.1) is 12.7 Å². The number of rotatable bonds is 8. The van der Waals surface area contributed by atoms with Crippen LogP contribution < -0.4 is 0 Å². The Kier molecular flexibility index (Phi) is 8.46. The van der Waals surface area contributed by atoms with Crippen LogP contribution in [0.3, 0.4) is 0 Å². The van der Waals surface area contributed by atoms with Gasteiger partial charge in [0, 0.05) is 6.61 Å². The fraction of sp³-hybridized carbons (Fsp3) is 1.00. The first-order valence-corrected chi connectivity index (χ1v) is 5.46. The predicted octanol–water partition coefficient (Wildman–Crippen LogP) is 2.60. The van der Waals surface area contributed by atoms with E-state index in [9.17, 15) is 5.11 Å². The molecular weight excluding hydrogens is 164 g/mol. The lowest BCUT2D eigenvalue weighted by Crippen LogP contribution is -2.18. The minimum absolute atomic E-state index is 0.270. The Morgan fingerprint density at radius 1 is 1.23 bits per heavy atom. The van der Waals surface area contributed by atoms with E-state index >= 15 is 0 Å². The largest absolute Gasteiger partial charge is 0.391 e. The normalized spacial score (nSPS) is 15.7. The molecule has 2 unspecified atom stereocenters. The highest BCUT2D eigenvalue weighted by Crippen LogP contribution is 2.12. The fourth-order valence-corrected chi connectivity index (χ4v) is 1.51. The van der Waals surface area contributed by atoms with Gasteiger partial charge in [-0.2, -0.15) is 0 Å². The van der Waals surface area contributed by atoms with Crippen molar-refractivity contribution < 1.29 is 9.84 Å². The summed E-state index contributed by atoms with van der Waals surface area (Å²) < 4.78 is 5.27. The molecule has 0 aromatic rings. The molecule has 0 spiro atoms. The van der Waals surface area contributed by atoms with Crippen LogP contribution >= 0.6 is 0 Å². The van der Waals surface area contributed by atoms with Crippen LogP contribution in [0.1, 0.15) is 46.5 Å². The van der Waals surface area contributed by atoms with Crippen molar-refractivity contribution in [2.24, 2.45) is 5.92 Å². The molecule has 0 aliphatic heterocycles. The van der Waals surface area contributed by atoms with E-state index in [-0.39, 0.29) is 6.10 Å². The molecule has 0 rings (SSSR count). The van der Waals surface area contributed by atoms with Gasteiger partial charge in [-0.15, -0.1) is 0 Å². The molecule has 0 aromatic carbocycles. The Labute approximate surface area is 82.3 Å². The third-order valence-corrected chi connectivity index (χ3v) is 2.11. The van der Waals surface area contributed by atoms with Gasteiger partial charge in [0.15, 0.2) is 0 Å². The van der Waals surface area contributed by atoms with Crippen molar-refractivity contribution in [1.29, 1.82) is 0 Å². The second kappa shape index (κ2) is 8.52. The molecule has 1 N–H and O–H groups in total. The average Bonchev–Trinajstić information content (AvgIpc) is 2.05. The first kappa shape index (κ1) is 12.9. The van der Waals surface area contributed by atoms with Crippen molar-refractivity contribution in [2.75, 3.05) is 13.2 Å². The molecule has 80 valence electrons. The molecular formula is C11H24O2. The summed E-state index contributed by atoms with van der Waals surface area (Å²) in [6.07, 6.45) is 4.02. The van der Waals surface area contributed by atoms with E-state index in [2.05, 4.69) is 20.8 Å². The molecule has 2 heteroatoms. The molecule has 2 nitrogen and oxygen atoms in total. The highest BCUT2D eigenvalue weighted by molar-refractivity contribution is 4.60. The molecule has 0 heterocycles. The van der Waals surface area contributed by atoms with E-state index in [4.69, 9.17) is 4.74 Å². The summed E-state index contributed by atoms with van der Waals surface area (Å²) in [6.45, 7) is 7.70. The van der Waals surface area contributed by atoms with Gasteiger partial charge >= 0.3 is 0 Å². The summed E-state index contributed by atoms with van der Waals surface area (Å²) >= 11 is 0. The van der Waals surface area contributed by atoms with Crippen molar-refractivity contribution in [1.82, 2.24) is 0 Å². The Bertz CT molecular complexity index is 104. The Morgan fingerprint density at radius 3 is 2.46 bits per heavy atom. The van der Waals surface area contributed by atoms with Gasteiger partial charge in [0.1, 0.15) is 0 Å². The topological polar surface area (TPSA) is 29.5 Å². The van der Waals surface area contributed by atoms with Crippen molar-refractivity contribution in [3.63, 3.8) is 0 Å². The van der Waals surface area contributed by atoms with E-state index in [0.717, 1.165) is 19.4 Å². The van der Waals surface area contributed by atoms with Crippen LogP contribution in [0.15, 0.2) is 0 Å². The van der Waals surface area contributed by atoms with Gasteiger partial charge in [-0.1, -0.05) is 33.6 Å². The van der Waals surface area contributed by atoms with Crippen molar-refractivity contribution in [3.05, 3.63) is 0 Å². The fourth-order valence-electron chi connectivity index (χ4n) is 1.51. The molecule has 0 saturated heterocycles. The van der Waals surface area contributed by atoms with Crippen LogP contribution in [0.4, 0.5) is 0 Å². The Hall–Kier alpha value is -0.0800. The van der Waals surface area contributed by atoms with Gasteiger partial charge in [0.25, 0.3) is 0 Å². The van der Waals surface area contributed by atoms with Crippen LogP contribution in [0, 0.1) is 5.92 Å². The monoisotopic (exact) mass is 188 g/mol. The lowest BCUT2D eigenvalue weighted by atomic mass is 9.99. The maximum absolute atomic E-state index is 9.55. The number of aliphatic hydroxyl groups excluding tert-OH is 1. The van der Waals surface area contributed by atoms with Crippen molar-refractivity contribution >= 4 is 0 Å². The third-order valence-electron chi connectivity index (χ3n) is 2.11. The summed E-state index contributed by atoms with van der Waals surface area (Å²) in [7, 11) is 0. The highest BCUT2D eigenvalue weighted by Gasteiger charge is 2.09. The molecule has 0 bridgehead atoms. The summed E-state index contributed by atoms with van der Waals surface area (Å²) in [5, 5.41) is 9.55. The zero-order chi connectivity index (χ0) is 10.1. The van der Waals surface area contributed by atoms with Crippen LogP contribution in [0.25, 0.3) is 0 Å². The predicted molar refractivity (Wildman–Crippen MR) is 55.8 cm³/mol. The first-order valence-electron chi connectivity index (χ1n) is 5.46. The molecule has 0 fully saturated rings. The highest BCUT2D eigenvalue weighted by atomic mass is 16.5. The maximum Gasteiger partial charge on any atom is 0.0776 e. The van der Waals surface area contributed by atoms with Crippen molar-refractivity contribution in [3.8, 4) is 0 Å². The zero-order valence-corrected chi connectivity index (χ0v) is 9.25. The molecule has 0 aromatic heterocycles.